The molecule has 0 unspecified atom stereocenters. The zero-order valence-corrected chi connectivity index (χ0v) is 9.25. The van der Waals surface area contributed by atoms with Gasteiger partial charge in [-0.05, 0) is 31.4 Å². The fraction of sp³-hybridized carbons (Fsp3) is 0.462. The van der Waals surface area contributed by atoms with E-state index in [1.54, 1.807) is 12.1 Å². The highest BCUT2D eigenvalue weighted by molar-refractivity contribution is 5.48. The molecule has 0 amide bonds. The molecule has 1 heterocycles. The van der Waals surface area contributed by atoms with E-state index in [1.165, 1.54) is 19.3 Å². The molecule has 1 aliphatic heterocycles. The van der Waals surface area contributed by atoms with E-state index >= 15 is 0 Å². The van der Waals surface area contributed by atoms with E-state index in [9.17, 15) is 4.39 Å². The third kappa shape index (κ3) is 2.33. The van der Waals surface area contributed by atoms with Crippen LogP contribution in [0.3, 0.4) is 0 Å². The highest BCUT2D eigenvalue weighted by atomic mass is 19.1. The third-order valence-corrected chi connectivity index (χ3v) is 3.03. The number of halogens is 1. The van der Waals surface area contributed by atoms with Crippen LogP contribution in [0.25, 0.3) is 0 Å². The number of anilines is 1. The maximum atomic E-state index is 13.6. The van der Waals surface area contributed by atoms with Gasteiger partial charge in [-0.25, -0.2) is 4.39 Å². The molecular formula is C13H15FN2. The topological polar surface area (TPSA) is 27.0 Å². The molecule has 3 heteroatoms. The Hall–Kier alpha value is -1.56. The van der Waals surface area contributed by atoms with Gasteiger partial charge in [0.05, 0.1) is 12.5 Å². The minimum absolute atomic E-state index is 0.145. The fourth-order valence-electron chi connectivity index (χ4n) is 2.11. The molecule has 1 aromatic rings. The van der Waals surface area contributed by atoms with Crippen molar-refractivity contribution in [2.45, 2.75) is 25.7 Å². The van der Waals surface area contributed by atoms with Crippen molar-refractivity contribution >= 4 is 5.69 Å². The summed E-state index contributed by atoms with van der Waals surface area (Å²) in [6, 6.07) is 7.17. The first-order valence-electron chi connectivity index (χ1n) is 5.71. The standard InChI is InChI=1S/C13H15FN2/c14-13-10-12(5-4-11(13)6-7-15)16-8-2-1-3-9-16/h4-5,10H,1-3,6,8-9H2. The first kappa shape index (κ1) is 10.9. The Balaban J connectivity index is 2.17. The van der Waals surface area contributed by atoms with Crippen LogP contribution in [0.4, 0.5) is 10.1 Å². The maximum absolute atomic E-state index is 13.6. The molecule has 1 aromatic carbocycles. The molecule has 0 spiro atoms. The highest BCUT2D eigenvalue weighted by Crippen LogP contribution is 2.22. The summed E-state index contributed by atoms with van der Waals surface area (Å²) in [6.07, 6.45) is 3.78. The minimum Gasteiger partial charge on any atom is -0.371 e. The molecule has 1 fully saturated rings. The zero-order valence-electron chi connectivity index (χ0n) is 9.25. The van der Waals surface area contributed by atoms with Crippen molar-refractivity contribution in [1.29, 1.82) is 5.26 Å². The lowest BCUT2D eigenvalue weighted by Crippen LogP contribution is -2.29. The van der Waals surface area contributed by atoms with Gasteiger partial charge in [-0.1, -0.05) is 6.07 Å². The van der Waals surface area contributed by atoms with Crippen LogP contribution in [0.5, 0.6) is 0 Å². The lowest BCUT2D eigenvalue weighted by molar-refractivity contribution is 0.573. The van der Waals surface area contributed by atoms with Crippen LogP contribution in [0.15, 0.2) is 18.2 Å². The SMILES string of the molecule is N#CCc1ccc(N2CCCCC2)cc1F. The van der Waals surface area contributed by atoms with E-state index < -0.39 is 0 Å². The molecule has 2 rings (SSSR count). The van der Waals surface area contributed by atoms with Crippen LogP contribution in [0.2, 0.25) is 0 Å². The number of nitrogens with zero attached hydrogens (tertiary/aromatic N) is 2. The van der Waals surface area contributed by atoms with Gasteiger partial charge >= 0.3 is 0 Å². The monoisotopic (exact) mass is 218 g/mol. The normalized spacial score (nSPS) is 15.9. The molecule has 16 heavy (non-hydrogen) atoms. The number of benzene rings is 1. The molecule has 0 N–H and O–H groups in total. The largest absolute Gasteiger partial charge is 0.371 e. The van der Waals surface area contributed by atoms with Crippen LogP contribution >= 0.6 is 0 Å². The summed E-state index contributed by atoms with van der Waals surface area (Å²) in [5.74, 6) is -0.260. The van der Waals surface area contributed by atoms with Gasteiger partial charge in [0.25, 0.3) is 0 Å². The molecule has 0 bridgehead atoms. The Labute approximate surface area is 95.3 Å². The van der Waals surface area contributed by atoms with Crippen molar-refractivity contribution in [2.24, 2.45) is 0 Å². The Morgan fingerprint density at radius 2 is 2.00 bits per heavy atom. The molecule has 0 atom stereocenters. The van der Waals surface area contributed by atoms with Gasteiger partial charge in [0.1, 0.15) is 5.82 Å². The van der Waals surface area contributed by atoms with Crippen LogP contribution < -0.4 is 4.90 Å². The zero-order chi connectivity index (χ0) is 11.4. The minimum atomic E-state index is -0.260. The van der Waals surface area contributed by atoms with E-state index in [4.69, 9.17) is 5.26 Å². The summed E-state index contributed by atoms with van der Waals surface area (Å²) in [6.45, 7) is 2.02. The fourth-order valence-corrected chi connectivity index (χ4v) is 2.11. The second-order valence-electron chi connectivity index (χ2n) is 4.16. The number of piperidine rings is 1. The molecule has 1 aliphatic rings. The van der Waals surface area contributed by atoms with E-state index in [1.807, 2.05) is 12.1 Å². The Morgan fingerprint density at radius 1 is 1.25 bits per heavy atom. The summed E-state index contributed by atoms with van der Waals surface area (Å²) < 4.78 is 13.6. The second-order valence-corrected chi connectivity index (χ2v) is 4.16. The van der Waals surface area contributed by atoms with Gasteiger partial charge in [-0.2, -0.15) is 5.26 Å². The van der Waals surface area contributed by atoms with Gasteiger partial charge < -0.3 is 4.90 Å². The van der Waals surface area contributed by atoms with Crippen LogP contribution in [0, 0.1) is 17.1 Å². The maximum Gasteiger partial charge on any atom is 0.129 e. The first-order valence-corrected chi connectivity index (χ1v) is 5.71. The smallest absolute Gasteiger partial charge is 0.129 e. The number of hydrogen-bond acceptors (Lipinski definition) is 2. The van der Waals surface area contributed by atoms with E-state index in [0.717, 1.165) is 18.8 Å². The summed E-state index contributed by atoms with van der Waals surface area (Å²) in [5, 5.41) is 8.54. The molecule has 1 saturated heterocycles. The van der Waals surface area contributed by atoms with Crippen molar-refractivity contribution in [2.75, 3.05) is 18.0 Å². The van der Waals surface area contributed by atoms with E-state index in [-0.39, 0.29) is 12.2 Å². The van der Waals surface area contributed by atoms with Gasteiger partial charge in [0, 0.05) is 24.3 Å². The van der Waals surface area contributed by atoms with Gasteiger partial charge in [-0.3, -0.25) is 0 Å². The van der Waals surface area contributed by atoms with Crippen molar-refractivity contribution < 1.29 is 4.39 Å². The van der Waals surface area contributed by atoms with Crippen molar-refractivity contribution in [3.05, 3.63) is 29.6 Å². The lowest BCUT2D eigenvalue weighted by atomic mass is 10.1. The average molecular weight is 218 g/mol. The Morgan fingerprint density at radius 3 is 2.62 bits per heavy atom. The lowest BCUT2D eigenvalue weighted by Gasteiger charge is -2.28. The number of nitriles is 1. The summed E-state index contributed by atoms with van der Waals surface area (Å²) in [7, 11) is 0. The van der Waals surface area contributed by atoms with Crippen LogP contribution in [-0.4, -0.2) is 13.1 Å². The first-order chi connectivity index (χ1) is 7.81. The highest BCUT2D eigenvalue weighted by Gasteiger charge is 2.12. The Kier molecular flexibility index (Phi) is 3.40. The van der Waals surface area contributed by atoms with Gasteiger partial charge in [-0.15, -0.1) is 0 Å². The number of rotatable bonds is 2. The molecular weight excluding hydrogens is 203 g/mol. The summed E-state index contributed by atoms with van der Waals surface area (Å²) in [4.78, 5) is 2.21. The predicted molar refractivity (Wildman–Crippen MR) is 61.8 cm³/mol. The van der Waals surface area contributed by atoms with E-state index in [2.05, 4.69) is 4.90 Å². The van der Waals surface area contributed by atoms with Gasteiger partial charge in [0.2, 0.25) is 0 Å². The van der Waals surface area contributed by atoms with Crippen molar-refractivity contribution in [1.82, 2.24) is 0 Å². The van der Waals surface area contributed by atoms with Crippen LogP contribution in [0.1, 0.15) is 24.8 Å². The Bertz CT molecular complexity index is 403. The van der Waals surface area contributed by atoms with Gasteiger partial charge in [0.15, 0.2) is 0 Å². The summed E-state index contributed by atoms with van der Waals surface area (Å²) >= 11 is 0. The number of hydrogen-bond donors (Lipinski definition) is 0. The molecule has 0 aliphatic carbocycles. The van der Waals surface area contributed by atoms with Crippen LogP contribution in [-0.2, 0) is 6.42 Å². The molecule has 0 aromatic heterocycles. The average Bonchev–Trinajstić information content (AvgIpc) is 2.33. The molecule has 0 radical (unpaired) electrons. The molecule has 84 valence electrons. The third-order valence-electron chi connectivity index (χ3n) is 3.03. The van der Waals surface area contributed by atoms with Crippen molar-refractivity contribution in [3.63, 3.8) is 0 Å². The van der Waals surface area contributed by atoms with Crippen molar-refractivity contribution in [3.8, 4) is 6.07 Å². The molecule has 0 saturated carbocycles. The quantitative estimate of drug-likeness (QED) is 0.763. The second kappa shape index (κ2) is 4.98. The van der Waals surface area contributed by atoms with E-state index in [0.29, 0.717) is 5.56 Å². The predicted octanol–water partition coefficient (Wildman–Crippen LogP) is 2.88. The summed E-state index contributed by atoms with van der Waals surface area (Å²) in [5.41, 5.74) is 1.43. The molecule has 2 nitrogen and oxygen atoms in total.